The number of carbonyl (C=O) groups is 1. The lowest BCUT2D eigenvalue weighted by atomic mass is 9.83. The number of piperidine rings is 1. The Labute approximate surface area is 193 Å². The maximum Gasteiger partial charge on any atom is 0.234 e. The van der Waals surface area contributed by atoms with Crippen LogP contribution in [0.5, 0.6) is 0 Å². The fraction of sp³-hybridized carbons (Fsp3) is 0.346. The molecule has 1 aliphatic rings. The molecule has 0 spiro atoms. The summed E-state index contributed by atoms with van der Waals surface area (Å²) >= 11 is 0. The molecule has 7 nitrogen and oxygen atoms in total. The molecule has 5 rings (SSSR count). The molecule has 1 aliphatic heterocycles. The van der Waals surface area contributed by atoms with E-state index in [4.69, 9.17) is 4.98 Å². The average Bonchev–Trinajstić information content (AvgIpc) is 3.46. The number of H-pyrrole nitrogens is 2. The number of rotatable bonds is 6. The summed E-state index contributed by atoms with van der Waals surface area (Å²) in [6, 6.07) is 16.2. The predicted octanol–water partition coefficient (Wildman–Crippen LogP) is 4.86. The van der Waals surface area contributed by atoms with Gasteiger partial charge in [0.25, 0.3) is 0 Å². The molecule has 3 N–H and O–H groups in total. The zero-order valence-electron chi connectivity index (χ0n) is 19.2. The highest BCUT2D eigenvalue weighted by Crippen LogP contribution is 2.29. The van der Waals surface area contributed by atoms with Crippen molar-refractivity contribution in [2.24, 2.45) is 0 Å². The minimum Gasteiger partial charge on any atom is -0.337 e. The number of amides is 1. The first-order chi connectivity index (χ1) is 16.0. The number of nitrogens with one attached hydrogen (secondary N) is 3. The molecule has 170 valence electrons. The van der Waals surface area contributed by atoms with Crippen molar-refractivity contribution in [2.75, 3.05) is 18.4 Å². The van der Waals surface area contributed by atoms with E-state index in [1.54, 1.807) is 6.20 Å². The fourth-order valence-electron chi connectivity index (χ4n) is 4.47. The summed E-state index contributed by atoms with van der Waals surface area (Å²) in [7, 11) is 0. The van der Waals surface area contributed by atoms with E-state index in [0.29, 0.717) is 17.2 Å². The van der Waals surface area contributed by atoms with E-state index in [0.717, 1.165) is 23.1 Å². The number of carbonyl (C=O) groups excluding carboxylic acids is 1. The Morgan fingerprint density at radius 1 is 1.09 bits per heavy atom. The van der Waals surface area contributed by atoms with Crippen molar-refractivity contribution in [1.29, 1.82) is 0 Å². The highest BCUT2D eigenvalue weighted by atomic mass is 16.2. The molecule has 1 fully saturated rings. The number of imidazole rings is 1. The quantitative estimate of drug-likeness (QED) is 0.398. The fourth-order valence-corrected chi connectivity index (χ4v) is 4.47. The third-order valence-electron chi connectivity index (χ3n) is 6.58. The van der Waals surface area contributed by atoms with Crippen LogP contribution in [0.15, 0.2) is 54.7 Å². The predicted molar refractivity (Wildman–Crippen MR) is 131 cm³/mol. The molecule has 0 bridgehead atoms. The van der Waals surface area contributed by atoms with Crippen LogP contribution in [-0.2, 0) is 16.8 Å². The Bertz CT molecular complexity index is 1250. The first-order valence-corrected chi connectivity index (χ1v) is 11.6. The number of nitrogens with zero attached hydrogens (tertiary/aromatic N) is 3. The van der Waals surface area contributed by atoms with Crippen molar-refractivity contribution in [2.45, 2.75) is 45.1 Å². The largest absolute Gasteiger partial charge is 0.337 e. The molecular formula is C26H30N6O. The third-order valence-corrected chi connectivity index (χ3v) is 6.58. The zero-order chi connectivity index (χ0) is 22.8. The molecule has 3 heterocycles. The summed E-state index contributed by atoms with van der Waals surface area (Å²) in [6.07, 6.45) is 5.60. The molecule has 0 atom stereocenters. The van der Waals surface area contributed by atoms with Crippen LogP contribution in [0.25, 0.3) is 22.6 Å². The minimum atomic E-state index is -0.687. The average molecular weight is 443 g/mol. The van der Waals surface area contributed by atoms with Crippen molar-refractivity contribution in [3.05, 3.63) is 65.9 Å². The first kappa shape index (κ1) is 21.4. The van der Waals surface area contributed by atoms with Crippen molar-refractivity contribution in [3.63, 3.8) is 0 Å². The van der Waals surface area contributed by atoms with Gasteiger partial charge >= 0.3 is 0 Å². The zero-order valence-corrected chi connectivity index (χ0v) is 19.2. The molecule has 33 heavy (non-hydrogen) atoms. The standard InChI is InChI=1S/C26H30N6O/c1-26(2,19-9-5-3-6-10-19)25(33)30-22-16-27-31-23(22)24-28-20-12-11-18(15-21(20)29-24)17-32-13-7-4-8-14-32/h3,5-6,9-12,15-16H,4,7-8,13-14,17H2,1-2H3,(H,27,31)(H,28,29)(H,30,33). The van der Waals surface area contributed by atoms with Crippen molar-refractivity contribution < 1.29 is 4.79 Å². The van der Waals surface area contributed by atoms with Crippen molar-refractivity contribution >= 4 is 22.6 Å². The number of aromatic nitrogens is 4. The summed E-state index contributed by atoms with van der Waals surface area (Å²) in [5.74, 6) is 0.533. The second-order valence-corrected chi connectivity index (χ2v) is 9.37. The van der Waals surface area contributed by atoms with Crippen LogP contribution < -0.4 is 5.32 Å². The number of anilines is 1. The van der Waals surface area contributed by atoms with Gasteiger partial charge in [0, 0.05) is 12.7 Å². The first-order valence-electron chi connectivity index (χ1n) is 11.6. The van der Waals surface area contributed by atoms with E-state index in [9.17, 15) is 4.79 Å². The van der Waals surface area contributed by atoms with Gasteiger partial charge in [-0.15, -0.1) is 0 Å². The van der Waals surface area contributed by atoms with Gasteiger partial charge in [-0.25, -0.2) is 4.98 Å². The number of benzene rings is 2. The normalized spacial score (nSPS) is 15.1. The topological polar surface area (TPSA) is 89.7 Å². The van der Waals surface area contributed by atoms with Crippen molar-refractivity contribution in [1.82, 2.24) is 25.1 Å². The molecule has 0 saturated carbocycles. The number of aromatic amines is 2. The molecule has 2 aromatic heterocycles. The van der Waals surface area contributed by atoms with Gasteiger partial charge in [-0.1, -0.05) is 42.8 Å². The van der Waals surface area contributed by atoms with Gasteiger partial charge in [0.15, 0.2) is 11.5 Å². The van der Waals surface area contributed by atoms with Crippen LogP contribution in [0.2, 0.25) is 0 Å². The summed E-state index contributed by atoms with van der Waals surface area (Å²) in [6.45, 7) is 7.13. The van der Waals surface area contributed by atoms with Gasteiger partial charge in [0.2, 0.25) is 5.91 Å². The van der Waals surface area contributed by atoms with Crippen molar-refractivity contribution in [3.8, 4) is 11.5 Å². The van der Waals surface area contributed by atoms with Gasteiger partial charge in [0.05, 0.1) is 22.1 Å². The SMILES string of the molecule is CC(C)(C(=O)Nc1c[nH]nc1-c1nc2cc(CN3CCCCC3)ccc2[nH]1)c1ccccc1. The Hall–Kier alpha value is -3.45. The summed E-state index contributed by atoms with van der Waals surface area (Å²) in [5, 5.41) is 10.3. The van der Waals surface area contributed by atoms with E-state index in [-0.39, 0.29) is 5.91 Å². The van der Waals surface area contributed by atoms with Gasteiger partial charge in [0.1, 0.15) is 0 Å². The molecule has 0 aliphatic carbocycles. The van der Waals surface area contributed by atoms with Crippen LogP contribution in [0.3, 0.4) is 0 Å². The van der Waals surface area contributed by atoms with Crippen LogP contribution in [0.1, 0.15) is 44.2 Å². The molecule has 4 aromatic rings. The van der Waals surface area contributed by atoms with Crippen LogP contribution >= 0.6 is 0 Å². The maximum atomic E-state index is 13.1. The number of hydrogen-bond acceptors (Lipinski definition) is 4. The second-order valence-electron chi connectivity index (χ2n) is 9.37. The van der Waals surface area contributed by atoms with Gasteiger partial charge in [-0.3, -0.25) is 14.8 Å². The maximum absolute atomic E-state index is 13.1. The molecular weight excluding hydrogens is 412 g/mol. The summed E-state index contributed by atoms with van der Waals surface area (Å²) < 4.78 is 0. The highest BCUT2D eigenvalue weighted by molar-refractivity contribution is 6.00. The van der Waals surface area contributed by atoms with Crippen LogP contribution in [0.4, 0.5) is 5.69 Å². The van der Waals surface area contributed by atoms with Gasteiger partial charge < -0.3 is 10.3 Å². The Morgan fingerprint density at radius 2 is 1.88 bits per heavy atom. The monoisotopic (exact) mass is 442 g/mol. The lowest BCUT2D eigenvalue weighted by Gasteiger charge is -2.26. The van der Waals surface area contributed by atoms with E-state index >= 15 is 0 Å². The van der Waals surface area contributed by atoms with Gasteiger partial charge in [-0.05, 0) is 63.0 Å². The number of hydrogen-bond donors (Lipinski definition) is 3. The van der Waals surface area contributed by atoms with Gasteiger partial charge in [-0.2, -0.15) is 5.10 Å². The third kappa shape index (κ3) is 4.41. The Morgan fingerprint density at radius 3 is 2.67 bits per heavy atom. The highest BCUT2D eigenvalue weighted by Gasteiger charge is 2.30. The molecule has 1 amide bonds. The van der Waals surface area contributed by atoms with E-state index in [2.05, 4.69) is 43.6 Å². The molecule has 0 unspecified atom stereocenters. The number of fused-ring (bicyclic) bond motifs is 1. The van der Waals surface area contributed by atoms with E-state index in [1.807, 2.05) is 44.2 Å². The summed E-state index contributed by atoms with van der Waals surface area (Å²) in [5.41, 5.74) is 4.60. The molecule has 7 heteroatoms. The number of likely N-dealkylation sites (tertiary alicyclic amines) is 1. The Balaban J connectivity index is 1.36. The second kappa shape index (κ2) is 8.83. The Kier molecular flexibility index (Phi) is 5.72. The van der Waals surface area contributed by atoms with E-state index in [1.165, 1.54) is 37.9 Å². The lowest BCUT2D eigenvalue weighted by molar-refractivity contribution is -0.120. The lowest BCUT2D eigenvalue weighted by Crippen LogP contribution is -2.34. The summed E-state index contributed by atoms with van der Waals surface area (Å²) in [4.78, 5) is 23.8. The smallest absolute Gasteiger partial charge is 0.234 e. The molecule has 2 aromatic carbocycles. The van der Waals surface area contributed by atoms with E-state index < -0.39 is 5.41 Å². The molecule has 1 saturated heterocycles. The van der Waals surface area contributed by atoms with Crippen LogP contribution in [0, 0.1) is 0 Å². The molecule has 0 radical (unpaired) electrons. The van der Waals surface area contributed by atoms with Crippen LogP contribution in [-0.4, -0.2) is 44.1 Å². The minimum absolute atomic E-state index is 0.101.